The molecule has 4 rings (SSSR count). The van der Waals surface area contributed by atoms with E-state index in [0.717, 1.165) is 44.2 Å². The van der Waals surface area contributed by atoms with E-state index in [1.807, 2.05) is 0 Å². The first-order valence-electron chi connectivity index (χ1n) is 10.2. The molecule has 0 amide bonds. The van der Waals surface area contributed by atoms with Gasteiger partial charge in [0.05, 0.1) is 5.69 Å². The Morgan fingerprint density at radius 2 is 2.00 bits per heavy atom. The van der Waals surface area contributed by atoms with Crippen molar-refractivity contribution in [3.8, 4) is 0 Å². The molecule has 28 heavy (non-hydrogen) atoms. The Morgan fingerprint density at radius 1 is 1.29 bits per heavy atom. The van der Waals surface area contributed by atoms with Crippen molar-refractivity contribution in [2.45, 2.75) is 39.0 Å². The van der Waals surface area contributed by atoms with Crippen LogP contribution in [-0.2, 0) is 0 Å². The second-order valence-corrected chi connectivity index (χ2v) is 9.32. The fourth-order valence-corrected chi connectivity index (χ4v) is 5.90. The number of aromatic nitrogens is 1. The molecule has 1 unspecified atom stereocenters. The minimum absolute atomic E-state index is 0.354. The zero-order valence-electron chi connectivity index (χ0n) is 16.7. The van der Waals surface area contributed by atoms with Crippen molar-refractivity contribution in [1.82, 2.24) is 9.88 Å². The van der Waals surface area contributed by atoms with Crippen LogP contribution in [0.25, 0.3) is 0 Å². The van der Waals surface area contributed by atoms with E-state index in [0.29, 0.717) is 21.9 Å². The summed E-state index contributed by atoms with van der Waals surface area (Å²) in [6, 6.07) is 11.0. The third kappa shape index (κ3) is 3.80. The van der Waals surface area contributed by atoms with Gasteiger partial charge in [-0.2, -0.15) is 0 Å². The van der Waals surface area contributed by atoms with E-state index in [9.17, 15) is 9.90 Å². The van der Waals surface area contributed by atoms with Gasteiger partial charge in [0.2, 0.25) is 0 Å². The Bertz CT molecular complexity index is 828. The molecular weight excluding hydrogens is 370 g/mol. The summed E-state index contributed by atoms with van der Waals surface area (Å²) in [6.45, 7) is 9.41. The van der Waals surface area contributed by atoms with E-state index in [-0.39, 0.29) is 0 Å². The van der Waals surface area contributed by atoms with E-state index in [1.165, 1.54) is 29.9 Å². The van der Waals surface area contributed by atoms with Gasteiger partial charge in [-0.25, -0.2) is 9.78 Å². The molecule has 2 aliphatic heterocycles. The number of likely N-dealkylation sites (tertiary alicyclic amines) is 1. The van der Waals surface area contributed by atoms with Crippen LogP contribution < -0.4 is 4.90 Å². The van der Waals surface area contributed by atoms with Crippen molar-refractivity contribution in [2.75, 3.05) is 37.6 Å². The van der Waals surface area contributed by atoms with Crippen LogP contribution >= 0.6 is 11.3 Å². The van der Waals surface area contributed by atoms with E-state index < -0.39 is 5.97 Å². The molecule has 6 heteroatoms. The normalized spacial score (nSPS) is 22.5. The SMILES string of the molecule is CCN1CC(c2ccccc2)CC2(CCN(c3nc(C)c(C(=O)O)s3)CC2)C1. The Balaban J connectivity index is 1.49. The topological polar surface area (TPSA) is 56.7 Å². The summed E-state index contributed by atoms with van der Waals surface area (Å²) >= 11 is 1.32. The number of likely N-dealkylation sites (N-methyl/N-ethyl adjacent to an activating group) is 1. The number of aryl methyl sites for hydroxylation is 1. The van der Waals surface area contributed by atoms with Crippen molar-refractivity contribution in [2.24, 2.45) is 5.41 Å². The third-order valence-corrected chi connectivity index (χ3v) is 7.72. The summed E-state index contributed by atoms with van der Waals surface area (Å²) in [5.74, 6) is -0.270. The Kier molecular flexibility index (Phi) is 5.43. The van der Waals surface area contributed by atoms with Crippen LogP contribution in [0.3, 0.4) is 0 Å². The minimum atomic E-state index is -0.869. The van der Waals surface area contributed by atoms with Gasteiger partial charge in [-0.05, 0) is 49.6 Å². The first-order chi connectivity index (χ1) is 13.5. The summed E-state index contributed by atoms with van der Waals surface area (Å²) in [4.78, 5) is 21.2. The summed E-state index contributed by atoms with van der Waals surface area (Å²) in [5.41, 5.74) is 2.45. The Morgan fingerprint density at radius 3 is 2.61 bits per heavy atom. The van der Waals surface area contributed by atoms with Crippen LogP contribution in [0.2, 0.25) is 0 Å². The molecule has 1 atom stereocenters. The number of benzene rings is 1. The molecule has 0 radical (unpaired) electrons. The van der Waals surface area contributed by atoms with E-state index >= 15 is 0 Å². The maximum atomic E-state index is 11.3. The molecule has 1 spiro atoms. The highest BCUT2D eigenvalue weighted by atomic mass is 32.1. The zero-order valence-corrected chi connectivity index (χ0v) is 17.5. The average Bonchev–Trinajstić information content (AvgIpc) is 3.11. The number of piperidine rings is 2. The predicted molar refractivity (Wildman–Crippen MR) is 114 cm³/mol. The van der Waals surface area contributed by atoms with E-state index in [4.69, 9.17) is 0 Å². The van der Waals surface area contributed by atoms with Gasteiger partial charge in [-0.15, -0.1) is 0 Å². The number of anilines is 1. The molecule has 2 aromatic rings. The number of hydrogen-bond donors (Lipinski definition) is 1. The number of nitrogens with zero attached hydrogens (tertiary/aromatic N) is 3. The predicted octanol–water partition coefficient (Wildman–Crippen LogP) is 4.25. The highest BCUT2D eigenvalue weighted by Crippen LogP contribution is 2.46. The first-order valence-corrected chi connectivity index (χ1v) is 11.0. The summed E-state index contributed by atoms with van der Waals surface area (Å²) < 4.78 is 0. The van der Waals surface area contributed by atoms with Crippen LogP contribution in [0, 0.1) is 12.3 Å². The fourth-order valence-electron chi connectivity index (χ4n) is 4.94. The minimum Gasteiger partial charge on any atom is -0.477 e. The third-order valence-electron chi connectivity index (χ3n) is 6.51. The van der Waals surface area contributed by atoms with Crippen LogP contribution in [0.4, 0.5) is 5.13 Å². The number of carboxylic acid groups (broad SMARTS) is 1. The first kappa shape index (κ1) is 19.4. The molecule has 1 N–H and O–H groups in total. The highest BCUT2D eigenvalue weighted by Gasteiger charge is 2.42. The van der Waals surface area contributed by atoms with Crippen molar-refractivity contribution < 1.29 is 9.90 Å². The van der Waals surface area contributed by atoms with Gasteiger partial charge >= 0.3 is 5.97 Å². The molecule has 3 heterocycles. The van der Waals surface area contributed by atoms with Gasteiger partial charge in [-0.1, -0.05) is 48.6 Å². The number of aromatic carboxylic acids is 1. The Labute approximate surface area is 171 Å². The summed E-state index contributed by atoms with van der Waals surface area (Å²) in [5, 5.41) is 10.2. The lowest BCUT2D eigenvalue weighted by molar-refractivity contribution is 0.0544. The molecule has 1 aromatic carbocycles. The van der Waals surface area contributed by atoms with E-state index in [1.54, 1.807) is 6.92 Å². The smallest absolute Gasteiger partial charge is 0.347 e. The monoisotopic (exact) mass is 399 g/mol. The number of rotatable bonds is 4. The zero-order chi connectivity index (χ0) is 19.7. The van der Waals surface area contributed by atoms with Gasteiger partial charge in [-0.3, -0.25) is 0 Å². The standard InChI is InChI=1S/C22H29N3O2S/c1-3-24-14-18(17-7-5-4-6-8-17)13-22(15-24)9-11-25(12-10-22)21-23-16(2)19(28-21)20(26)27/h4-8,18H,3,9-15H2,1-2H3,(H,26,27). The lowest BCUT2D eigenvalue weighted by atomic mass is 9.68. The maximum Gasteiger partial charge on any atom is 0.347 e. The summed E-state index contributed by atoms with van der Waals surface area (Å²) in [7, 11) is 0. The molecule has 5 nitrogen and oxygen atoms in total. The van der Waals surface area contributed by atoms with Crippen LogP contribution in [-0.4, -0.2) is 53.7 Å². The molecule has 0 saturated carbocycles. The lowest BCUT2D eigenvalue weighted by Crippen LogP contribution is -2.51. The summed E-state index contributed by atoms with van der Waals surface area (Å²) in [6.07, 6.45) is 3.54. The molecule has 0 aliphatic carbocycles. The average molecular weight is 400 g/mol. The van der Waals surface area contributed by atoms with Gasteiger partial charge < -0.3 is 14.9 Å². The van der Waals surface area contributed by atoms with Gasteiger partial charge in [0, 0.05) is 26.2 Å². The van der Waals surface area contributed by atoms with Crippen molar-refractivity contribution >= 4 is 22.4 Å². The van der Waals surface area contributed by atoms with Gasteiger partial charge in [0.1, 0.15) is 4.88 Å². The Hall–Kier alpha value is -1.92. The van der Waals surface area contributed by atoms with Crippen LogP contribution in [0.1, 0.15) is 53.0 Å². The lowest BCUT2D eigenvalue weighted by Gasteiger charge is -2.50. The molecule has 1 aromatic heterocycles. The number of thiazole rings is 1. The second kappa shape index (κ2) is 7.84. The quantitative estimate of drug-likeness (QED) is 0.833. The van der Waals surface area contributed by atoms with E-state index in [2.05, 4.69) is 52.0 Å². The largest absolute Gasteiger partial charge is 0.477 e. The molecule has 0 bridgehead atoms. The van der Waals surface area contributed by atoms with Crippen LogP contribution in [0.15, 0.2) is 30.3 Å². The van der Waals surface area contributed by atoms with Gasteiger partial charge in [0.15, 0.2) is 5.13 Å². The molecule has 2 fully saturated rings. The van der Waals surface area contributed by atoms with Crippen LogP contribution in [0.5, 0.6) is 0 Å². The highest BCUT2D eigenvalue weighted by molar-refractivity contribution is 7.17. The molecule has 2 saturated heterocycles. The second-order valence-electron chi connectivity index (χ2n) is 8.34. The molecule has 2 aliphatic rings. The van der Waals surface area contributed by atoms with Gasteiger partial charge in [0.25, 0.3) is 0 Å². The van der Waals surface area contributed by atoms with Crippen molar-refractivity contribution in [3.05, 3.63) is 46.5 Å². The fraction of sp³-hybridized carbons (Fsp3) is 0.545. The molecule has 150 valence electrons. The number of carboxylic acids is 1. The molecular formula is C22H29N3O2S. The maximum absolute atomic E-state index is 11.3. The number of hydrogen-bond acceptors (Lipinski definition) is 5. The van der Waals surface area contributed by atoms with Crippen molar-refractivity contribution in [3.63, 3.8) is 0 Å². The number of carbonyl (C=O) groups is 1. The van der Waals surface area contributed by atoms with Crippen molar-refractivity contribution in [1.29, 1.82) is 0 Å².